The van der Waals surface area contributed by atoms with Crippen LogP contribution in [0.1, 0.15) is 48.5 Å². The smallest absolute Gasteiger partial charge is 0.100 e. The minimum absolute atomic E-state index is 0.125. The van der Waals surface area contributed by atoms with E-state index in [0.29, 0.717) is 0 Å². The molecular formula is C15H26O. The van der Waals surface area contributed by atoms with Gasteiger partial charge in [0, 0.05) is 0 Å². The Labute approximate surface area is 101 Å². The summed E-state index contributed by atoms with van der Waals surface area (Å²) in [5.74, 6) is 0.927. The minimum Gasteiger partial charge on any atom is -0.493 e. The fourth-order valence-electron chi connectivity index (χ4n) is 1.35. The number of allylic oxidation sites excluding steroid dienone is 5. The first-order valence-electron chi connectivity index (χ1n) is 5.77. The van der Waals surface area contributed by atoms with Crippen LogP contribution in [0.2, 0.25) is 0 Å². The first kappa shape index (κ1) is 15.0. The van der Waals surface area contributed by atoms with Crippen molar-refractivity contribution < 1.29 is 4.74 Å². The molecule has 0 amide bonds. The predicted octanol–water partition coefficient (Wildman–Crippen LogP) is 4.86. The molecule has 0 atom stereocenters. The molecule has 0 saturated heterocycles. The molecule has 92 valence electrons. The number of rotatable bonds is 3. The first-order valence-corrected chi connectivity index (χ1v) is 5.77. The maximum Gasteiger partial charge on any atom is 0.100 e. The highest BCUT2D eigenvalue weighted by Gasteiger charge is 2.14. The summed E-state index contributed by atoms with van der Waals surface area (Å²) in [6, 6.07) is 0. The van der Waals surface area contributed by atoms with Crippen molar-refractivity contribution in [3.8, 4) is 0 Å². The van der Waals surface area contributed by atoms with Crippen LogP contribution < -0.4 is 0 Å². The van der Waals surface area contributed by atoms with Gasteiger partial charge in [-0.3, -0.25) is 0 Å². The highest BCUT2D eigenvalue weighted by molar-refractivity contribution is 5.27. The van der Waals surface area contributed by atoms with E-state index < -0.39 is 0 Å². The standard InChI is InChI=1S/C15H26O/c1-9-13(14(3,4)5)11-10-12(2)16-15(6,7)8/h9-11H,1H2,2-8H3/b12-10+,13-11+. The zero-order valence-electron chi connectivity index (χ0n) is 11.8. The second-order valence-electron chi connectivity index (χ2n) is 6.07. The van der Waals surface area contributed by atoms with Crippen molar-refractivity contribution >= 4 is 0 Å². The molecule has 0 fully saturated rings. The van der Waals surface area contributed by atoms with Gasteiger partial charge in [0.1, 0.15) is 5.60 Å². The van der Waals surface area contributed by atoms with E-state index in [9.17, 15) is 0 Å². The quantitative estimate of drug-likeness (QED) is 0.489. The highest BCUT2D eigenvalue weighted by atomic mass is 16.5. The lowest BCUT2D eigenvalue weighted by Crippen LogP contribution is -2.17. The van der Waals surface area contributed by atoms with Gasteiger partial charge in [0.2, 0.25) is 0 Å². The minimum atomic E-state index is -0.134. The third-order valence-corrected chi connectivity index (χ3v) is 2.05. The van der Waals surface area contributed by atoms with Gasteiger partial charge in [0.25, 0.3) is 0 Å². The molecule has 0 aliphatic carbocycles. The lowest BCUT2D eigenvalue weighted by molar-refractivity contribution is 0.0535. The predicted molar refractivity (Wildman–Crippen MR) is 72.3 cm³/mol. The van der Waals surface area contributed by atoms with Gasteiger partial charge >= 0.3 is 0 Å². The van der Waals surface area contributed by atoms with Crippen LogP contribution in [0.15, 0.2) is 36.1 Å². The van der Waals surface area contributed by atoms with Crippen LogP contribution in [0.4, 0.5) is 0 Å². The topological polar surface area (TPSA) is 9.23 Å². The van der Waals surface area contributed by atoms with E-state index in [-0.39, 0.29) is 11.0 Å². The Morgan fingerprint density at radius 3 is 1.81 bits per heavy atom. The molecule has 0 spiro atoms. The molecule has 0 heterocycles. The Bertz CT molecular complexity index is 292. The van der Waals surface area contributed by atoms with Gasteiger partial charge in [0.15, 0.2) is 0 Å². The molecule has 0 bridgehead atoms. The number of hydrogen-bond acceptors (Lipinski definition) is 1. The largest absolute Gasteiger partial charge is 0.493 e. The Balaban J connectivity index is 4.78. The summed E-state index contributed by atoms with van der Waals surface area (Å²) in [7, 11) is 0. The SMILES string of the molecule is C=C/C(=C\C=C(/C)OC(C)(C)C)C(C)(C)C. The van der Waals surface area contributed by atoms with Gasteiger partial charge < -0.3 is 4.74 Å². The van der Waals surface area contributed by atoms with E-state index >= 15 is 0 Å². The third kappa shape index (κ3) is 6.49. The van der Waals surface area contributed by atoms with E-state index in [1.54, 1.807) is 0 Å². The van der Waals surface area contributed by atoms with Crippen LogP contribution in [0.3, 0.4) is 0 Å². The Hall–Kier alpha value is -0.980. The molecule has 0 aliphatic rings. The van der Waals surface area contributed by atoms with Crippen molar-refractivity contribution in [1.82, 2.24) is 0 Å². The molecule has 0 rings (SSSR count). The fraction of sp³-hybridized carbons (Fsp3) is 0.600. The summed E-state index contributed by atoms with van der Waals surface area (Å²) in [6.45, 7) is 18.5. The average Bonchev–Trinajstić information content (AvgIpc) is 1.98. The zero-order chi connectivity index (χ0) is 13.0. The molecule has 0 aromatic carbocycles. The van der Waals surface area contributed by atoms with E-state index in [2.05, 4.69) is 33.4 Å². The van der Waals surface area contributed by atoms with E-state index in [1.165, 1.54) is 5.57 Å². The molecule has 0 unspecified atom stereocenters. The summed E-state index contributed by atoms with van der Waals surface area (Å²) < 4.78 is 5.73. The van der Waals surface area contributed by atoms with E-state index in [4.69, 9.17) is 4.74 Å². The Morgan fingerprint density at radius 1 is 1.00 bits per heavy atom. The lowest BCUT2D eigenvalue weighted by Gasteiger charge is -2.22. The van der Waals surface area contributed by atoms with Crippen molar-refractivity contribution in [2.24, 2.45) is 5.41 Å². The maximum absolute atomic E-state index is 5.73. The second-order valence-corrected chi connectivity index (χ2v) is 6.07. The van der Waals surface area contributed by atoms with Gasteiger partial charge in [-0.2, -0.15) is 0 Å². The van der Waals surface area contributed by atoms with Crippen LogP contribution in [0, 0.1) is 5.41 Å². The van der Waals surface area contributed by atoms with Gasteiger partial charge in [-0.15, -0.1) is 0 Å². The van der Waals surface area contributed by atoms with Crippen molar-refractivity contribution in [3.63, 3.8) is 0 Å². The maximum atomic E-state index is 5.73. The third-order valence-electron chi connectivity index (χ3n) is 2.05. The van der Waals surface area contributed by atoms with Crippen LogP contribution in [0.25, 0.3) is 0 Å². The number of hydrogen-bond donors (Lipinski definition) is 0. The summed E-state index contributed by atoms with van der Waals surface area (Å²) in [5, 5.41) is 0. The summed E-state index contributed by atoms with van der Waals surface area (Å²) >= 11 is 0. The molecule has 0 aliphatic heterocycles. The number of ether oxygens (including phenoxy) is 1. The van der Waals surface area contributed by atoms with Gasteiger partial charge in [0.05, 0.1) is 5.76 Å². The molecule has 16 heavy (non-hydrogen) atoms. The molecule has 0 radical (unpaired) electrons. The molecular weight excluding hydrogens is 196 g/mol. The monoisotopic (exact) mass is 222 g/mol. The lowest BCUT2D eigenvalue weighted by atomic mass is 9.86. The van der Waals surface area contributed by atoms with Crippen LogP contribution in [0.5, 0.6) is 0 Å². The van der Waals surface area contributed by atoms with E-state index in [0.717, 1.165) is 5.76 Å². The molecule has 0 aromatic heterocycles. The Morgan fingerprint density at radius 2 is 1.50 bits per heavy atom. The molecule has 0 N–H and O–H groups in total. The van der Waals surface area contributed by atoms with Crippen LogP contribution in [-0.2, 0) is 4.74 Å². The van der Waals surface area contributed by atoms with E-state index in [1.807, 2.05) is 39.8 Å². The molecule has 0 aromatic rings. The summed E-state index contributed by atoms with van der Waals surface area (Å²) in [5.41, 5.74) is 1.20. The molecule has 0 saturated carbocycles. The molecule has 1 heteroatoms. The normalized spacial score (nSPS) is 14.9. The van der Waals surface area contributed by atoms with Gasteiger partial charge in [-0.1, -0.05) is 39.5 Å². The van der Waals surface area contributed by atoms with Crippen LogP contribution >= 0.6 is 0 Å². The highest BCUT2D eigenvalue weighted by Crippen LogP contribution is 2.26. The van der Waals surface area contributed by atoms with Crippen LogP contribution in [-0.4, -0.2) is 5.60 Å². The van der Waals surface area contributed by atoms with Crippen molar-refractivity contribution in [2.75, 3.05) is 0 Å². The van der Waals surface area contributed by atoms with Crippen molar-refractivity contribution in [3.05, 3.63) is 36.1 Å². The fourth-order valence-corrected chi connectivity index (χ4v) is 1.35. The first-order chi connectivity index (χ1) is 7.06. The van der Waals surface area contributed by atoms with Crippen molar-refractivity contribution in [2.45, 2.75) is 54.1 Å². The summed E-state index contributed by atoms with van der Waals surface area (Å²) in [6.07, 6.45) is 5.99. The summed E-state index contributed by atoms with van der Waals surface area (Å²) in [4.78, 5) is 0. The zero-order valence-corrected chi connectivity index (χ0v) is 11.8. The van der Waals surface area contributed by atoms with Crippen molar-refractivity contribution in [1.29, 1.82) is 0 Å². The van der Waals surface area contributed by atoms with Gasteiger partial charge in [-0.25, -0.2) is 0 Å². The van der Waals surface area contributed by atoms with Gasteiger partial charge in [-0.05, 0) is 44.8 Å². The average molecular weight is 222 g/mol. The second kappa shape index (κ2) is 5.38. The Kier molecular flexibility index (Phi) is 5.05. The molecule has 1 nitrogen and oxygen atoms in total.